The second-order valence-electron chi connectivity index (χ2n) is 6.22. The summed E-state index contributed by atoms with van der Waals surface area (Å²) in [4.78, 5) is 14.3. The Morgan fingerprint density at radius 2 is 2.24 bits per heavy atom. The van der Waals surface area contributed by atoms with E-state index in [9.17, 15) is 9.90 Å². The van der Waals surface area contributed by atoms with Crippen molar-refractivity contribution in [3.8, 4) is 0 Å². The van der Waals surface area contributed by atoms with E-state index < -0.39 is 0 Å². The van der Waals surface area contributed by atoms with Gasteiger partial charge in [0.2, 0.25) is 5.91 Å². The third-order valence-electron chi connectivity index (χ3n) is 4.80. The van der Waals surface area contributed by atoms with Crippen LogP contribution in [0.2, 0.25) is 5.02 Å². The first-order valence-electron chi connectivity index (χ1n) is 7.50. The van der Waals surface area contributed by atoms with Gasteiger partial charge in [0.05, 0.1) is 12.6 Å². The van der Waals surface area contributed by atoms with E-state index in [1.165, 1.54) is 0 Å². The molecule has 1 saturated heterocycles. The molecule has 3 unspecified atom stereocenters. The molecule has 1 aromatic carbocycles. The minimum atomic E-state index is -0.182. The van der Waals surface area contributed by atoms with Gasteiger partial charge in [-0.3, -0.25) is 9.69 Å². The maximum absolute atomic E-state index is 12.2. The Bertz CT molecular complexity index is 549. The van der Waals surface area contributed by atoms with Gasteiger partial charge in [0.1, 0.15) is 0 Å². The van der Waals surface area contributed by atoms with Gasteiger partial charge in [-0.25, -0.2) is 0 Å². The van der Waals surface area contributed by atoms with Crippen LogP contribution in [0.25, 0.3) is 0 Å². The number of carbonyl (C=O) groups excluding carboxylic acids is 1. The van der Waals surface area contributed by atoms with Crippen molar-refractivity contribution in [2.24, 2.45) is 11.8 Å². The van der Waals surface area contributed by atoms with Crippen molar-refractivity contribution in [3.63, 3.8) is 0 Å². The van der Waals surface area contributed by atoms with Gasteiger partial charge < -0.3 is 10.4 Å². The van der Waals surface area contributed by atoms with Crippen molar-refractivity contribution < 1.29 is 9.90 Å². The number of amides is 1. The molecule has 1 aliphatic heterocycles. The third-order valence-corrected chi connectivity index (χ3v) is 5.21. The second-order valence-corrected chi connectivity index (χ2v) is 6.63. The first kappa shape index (κ1) is 14.8. The van der Waals surface area contributed by atoms with Crippen LogP contribution in [0.1, 0.15) is 18.4 Å². The van der Waals surface area contributed by atoms with Crippen molar-refractivity contribution in [2.75, 3.05) is 25.0 Å². The number of nitrogens with one attached hydrogen (secondary N) is 1. The lowest BCUT2D eigenvalue weighted by atomic mass is 10.00. The third kappa shape index (κ3) is 3.07. The van der Waals surface area contributed by atoms with Gasteiger partial charge in [-0.2, -0.15) is 0 Å². The van der Waals surface area contributed by atoms with Gasteiger partial charge >= 0.3 is 0 Å². The number of carbonyl (C=O) groups is 1. The SMILES string of the molecule is Cc1c(Cl)cccc1NC(=O)CN1CC2CCC(O)C2C1. The topological polar surface area (TPSA) is 52.6 Å². The molecule has 21 heavy (non-hydrogen) atoms. The monoisotopic (exact) mass is 308 g/mol. The van der Waals surface area contributed by atoms with Crippen LogP contribution in [0.5, 0.6) is 0 Å². The summed E-state index contributed by atoms with van der Waals surface area (Å²) in [5.41, 5.74) is 1.66. The van der Waals surface area contributed by atoms with Crippen LogP contribution in [-0.2, 0) is 4.79 Å². The highest BCUT2D eigenvalue weighted by Crippen LogP contribution is 2.37. The molecular weight excluding hydrogens is 288 g/mol. The van der Waals surface area contributed by atoms with Crippen LogP contribution in [0, 0.1) is 18.8 Å². The van der Waals surface area contributed by atoms with Gasteiger partial charge in [0, 0.05) is 29.7 Å². The molecule has 1 amide bonds. The maximum Gasteiger partial charge on any atom is 0.238 e. The largest absolute Gasteiger partial charge is 0.393 e. The Balaban J connectivity index is 1.57. The number of rotatable bonds is 3. The summed E-state index contributed by atoms with van der Waals surface area (Å²) in [7, 11) is 0. The molecule has 1 heterocycles. The molecule has 114 valence electrons. The van der Waals surface area contributed by atoms with Crippen molar-refractivity contribution in [2.45, 2.75) is 25.9 Å². The highest BCUT2D eigenvalue weighted by molar-refractivity contribution is 6.31. The fourth-order valence-corrected chi connectivity index (χ4v) is 3.77. The summed E-state index contributed by atoms with van der Waals surface area (Å²) in [5, 5.41) is 13.5. The van der Waals surface area contributed by atoms with E-state index in [0.29, 0.717) is 23.4 Å². The first-order valence-corrected chi connectivity index (χ1v) is 7.88. The van der Waals surface area contributed by atoms with E-state index in [-0.39, 0.29) is 12.0 Å². The smallest absolute Gasteiger partial charge is 0.238 e. The average molecular weight is 309 g/mol. The number of benzene rings is 1. The van der Waals surface area contributed by atoms with Crippen LogP contribution in [0.15, 0.2) is 18.2 Å². The van der Waals surface area contributed by atoms with Crippen molar-refractivity contribution >= 4 is 23.2 Å². The number of likely N-dealkylation sites (tertiary alicyclic amines) is 1. The molecule has 4 nitrogen and oxygen atoms in total. The Morgan fingerprint density at radius 3 is 3.00 bits per heavy atom. The van der Waals surface area contributed by atoms with E-state index in [1.807, 2.05) is 25.1 Å². The number of aliphatic hydroxyl groups excluding tert-OH is 1. The lowest BCUT2D eigenvalue weighted by Crippen LogP contribution is -2.33. The fourth-order valence-electron chi connectivity index (χ4n) is 3.59. The van der Waals surface area contributed by atoms with E-state index >= 15 is 0 Å². The summed E-state index contributed by atoms with van der Waals surface area (Å²) >= 11 is 6.06. The van der Waals surface area contributed by atoms with Gasteiger partial charge in [-0.1, -0.05) is 17.7 Å². The number of halogens is 1. The Hall–Kier alpha value is -1.10. The Labute approximate surface area is 130 Å². The summed E-state index contributed by atoms with van der Waals surface area (Å²) in [6, 6.07) is 5.51. The molecule has 1 aromatic rings. The fraction of sp³-hybridized carbons (Fsp3) is 0.562. The molecule has 0 radical (unpaired) electrons. The summed E-state index contributed by atoms with van der Waals surface area (Å²) in [6.45, 7) is 4.03. The van der Waals surface area contributed by atoms with Crippen LogP contribution in [0.3, 0.4) is 0 Å². The molecule has 0 aromatic heterocycles. The minimum absolute atomic E-state index is 0.0187. The number of fused-ring (bicyclic) bond motifs is 1. The number of nitrogens with zero attached hydrogens (tertiary/aromatic N) is 1. The quantitative estimate of drug-likeness (QED) is 0.901. The van der Waals surface area contributed by atoms with E-state index in [0.717, 1.165) is 37.2 Å². The number of hydrogen-bond donors (Lipinski definition) is 2. The minimum Gasteiger partial charge on any atom is -0.393 e. The molecule has 0 spiro atoms. The van der Waals surface area contributed by atoms with Crippen molar-refractivity contribution in [3.05, 3.63) is 28.8 Å². The highest BCUT2D eigenvalue weighted by atomic mass is 35.5. The molecule has 2 aliphatic rings. The molecular formula is C16H21ClN2O2. The molecule has 1 saturated carbocycles. The highest BCUT2D eigenvalue weighted by Gasteiger charge is 2.41. The van der Waals surface area contributed by atoms with Gasteiger partial charge in [0.15, 0.2) is 0 Å². The Kier molecular flexibility index (Phi) is 4.20. The van der Waals surface area contributed by atoms with E-state index in [1.54, 1.807) is 0 Å². The number of hydrogen-bond acceptors (Lipinski definition) is 3. The molecule has 3 atom stereocenters. The van der Waals surface area contributed by atoms with Crippen molar-refractivity contribution in [1.29, 1.82) is 0 Å². The average Bonchev–Trinajstić information content (AvgIpc) is 2.97. The van der Waals surface area contributed by atoms with Crippen LogP contribution in [0.4, 0.5) is 5.69 Å². The number of anilines is 1. The lowest BCUT2D eigenvalue weighted by molar-refractivity contribution is -0.117. The molecule has 0 bridgehead atoms. The molecule has 1 aliphatic carbocycles. The maximum atomic E-state index is 12.2. The zero-order valence-corrected chi connectivity index (χ0v) is 12.9. The molecule has 3 rings (SSSR count). The van der Waals surface area contributed by atoms with Gasteiger partial charge in [-0.15, -0.1) is 0 Å². The van der Waals surface area contributed by atoms with Crippen LogP contribution >= 0.6 is 11.6 Å². The molecule has 2 N–H and O–H groups in total. The molecule has 5 heteroatoms. The van der Waals surface area contributed by atoms with Gasteiger partial charge in [0.25, 0.3) is 0 Å². The first-order chi connectivity index (χ1) is 10.0. The van der Waals surface area contributed by atoms with E-state index in [2.05, 4.69) is 10.2 Å². The van der Waals surface area contributed by atoms with Gasteiger partial charge in [-0.05, 0) is 43.4 Å². The zero-order chi connectivity index (χ0) is 15.0. The normalized spacial score (nSPS) is 28.6. The van der Waals surface area contributed by atoms with Crippen LogP contribution in [-0.4, -0.2) is 41.7 Å². The van der Waals surface area contributed by atoms with Crippen LogP contribution < -0.4 is 5.32 Å². The van der Waals surface area contributed by atoms with Crippen molar-refractivity contribution in [1.82, 2.24) is 4.90 Å². The van der Waals surface area contributed by atoms with E-state index in [4.69, 9.17) is 11.6 Å². The lowest BCUT2D eigenvalue weighted by Gasteiger charge is -2.18. The number of aliphatic hydroxyl groups is 1. The summed E-state index contributed by atoms with van der Waals surface area (Å²) in [6.07, 6.45) is 1.81. The second kappa shape index (κ2) is 5.95. The predicted octanol–water partition coefficient (Wildman–Crippen LogP) is 2.29. The molecule has 2 fully saturated rings. The predicted molar refractivity (Wildman–Crippen MR) is 83.5 cm³/mol. The Morgan fingerprint density at radius 1 is 1.43 bits per heavy atom. The summed E-state index contributed by atoms with van der Waals surface area (Å²) < 4.78 is 0. The zero-order valence-electron chi connectivity index (χ0n) is 12.2. The summed E-state index contributed by atoms with van der Waals surface area (Å²) in [5.74, 6) is 0.890. The standard InChI is InChI=1S/C16H21ClN2O2/c1-10-13(17)3-2-4-14(10)18-16(21)9-19-7-11-5-6-15(20)12(11)8-19/h2-4,11-12,15,20H,5-9H2,1H3,(H,18,21).